The van der Waals surface area contributed by atoms with E-state index < -0.39 is 31.1 Å². The third-order valence-electron chi connectivity index (χ3n) is 2.98. The Kier molecular flexibility index (Phi) is 7.06. The molecule has 0 atom stereocenters. The highest BCUT2D eigenvalue weighted by Crippen LogP contribution is 2.24. The minimum Gasteiger partial charge on any atom is -0.480 e. The van der Waals surface area contributed by atoms with E-state index in [-0.39, 0.29) is 5.41 Å². The fraction of sp³-hybridized carbons (Fsp3) is 0.750. The fourth-order valence-electron chi connectivity index (χ4n) is 0.950. The minimum atomic E-state index is -1.17. The molecule has 0 heterocycles. The third kappa shape index (κ3) is 8.15. The van der Waals surface area contributed by atoms with E-state index in [0.29, 0.717) is 12.5 Å². The molecule has 0 unspecified atom stereocenters. The first-order chi connectivity index (χ1) is 8.65. The first kappa shape index (κ1) is 17.4. The Morgan fingerprint density at radius 2 is 1.79 bits per heavy atom. The fourth-order valence-corrected chi connectivity index (χ4v) is 0.950. The molecule has 0 aliphatic carbocycles. The van der Waals surface area contributed by atoms with Gasteiger partial charge in [0.15, 0.2) is 0 Å². The smallest absolute Gasteiger partial charge is 0.329 e. The molecule has 7 heteroatoms. The Hall–Kier alpha value is -1.63. The van der Waals surface area contributed by atoms with Gasteiger partial charge in [0.25, 0.3) is 5.91 Å². The second-order valence-corrected chi connectivity index (χ2v) is 5.26. The van der Waals surface area contributed by atoms with Gasteiger partial charge >= 0.3 is 12.0 Å². The minimum absolute atomic E-state index is 0.0831. The molecule has 0 aromatic carbocycles. The van der Waals surface area contributed by atoms with E-state index in [4.69, 9.17) is 5.11 Å². The van der Waals surface area contributed by atoms with Crippen molar-refractivity contribution in [3.05, 3.63) is 0 Å². The van der Waals surface area contributed by atoms with Crippen LogP contribution in [0.1, 0.15) is 27.7 Å². The average molecular weight is 274 g/mol. The highest BCUT2D eigenvalue weighted by atomic mass is 16.5. The first-order valence-corrected chi connectivity index (χ1v) is 6.02. The van der Waals surface area contributed by atoms with Gasteiger partial charge in [-0.05, 0) is 11.3 Å². The first-order valence-electron chi connectivity index (χ1n) is 6.02. The number of carboxylic acid groups (broad SMARTS) is 1. The molecule has 0 rings (SSSR count). The second-order valence-electron chi connectivity index (χ2n) is 5.26. The number of hydrogen-bond acceptors (Lipinski definition) is 4. The van der Waals surface area contributed by atoms with Crippen LogP contribution in [-0.4, -0.2) is 42.8 Å². The lowest BCUT2D eigenvalue weighted by molar-refractivity contribution is -0.143. The highest BCUT2D eigenvalue weighted by molar-refractivity contribution is 5.94. The molecule has 0 aromatic rings. The van der Waals surface area contributed by atoms with Crippen LogP contribution >= 0.6 is 0 Å². The van der Waals surface area contributed by atoms with Gasteiger partial charge < -0.3 is 15.2 Å². The largest absolute Gasteiger partial charge is 0.480 e. The molecule has 0 fully saturated rings. The Morgan fingerprint density at radius 1 is 1.21 bits per heavy atom. The van der Waals surface area contributed by atoms with E-state index in [2.05, 4.69) is 15.4 Å². The van der Waals surface area contributed by atoms with Crippen LogP contribution in [-0.2, 0) is 14.3 Å². The lowest BCUT2D eigenvalue weighted by atomic mass is 9.81. The molecule has 0 saturated carbocycles. The second kappa shape index (κ2) is 7.73. The van der Waals surface area contributed by atoms with Crippen molar-refractivity contribution in [2.75, 3.05) is 19.8 Å². The molecule has 0 saturated heterocycles. The van der Waals surface area contributed by atoms with Crippen LogP contribution in [0.15, 0.2) is 0 Å². The molecule has 19 heavy (non-hydrogen) atoms. The number of carbonyl (C=O) groups excluding carboxylic acids is 2. The third-order valence-corrected chi connectivity index (χ3v) is 2.98. The van der Waals surface area contributed by atoms with Crippen LogP contribution in [0.3, 0.4) is 0 Å². The van der Waals surface area contributed by atoms with Crippen LogP contribution in [0, 0.1) is 11.3 Å². The van der Waals surface area contributed by atoms with E-state index in [1.807, 2.05) is 27.7 Å². The van der Waals surface area contributed by atoms with Gasteiger partial charge in [-0.15, -0.1) is 0 Å². The number of aliphatic carboxylic acids is 1. The van der Waals surface area contributed by atoms with Crippen molar-refractivity contribution < 1.29 is 24.2 Å². The van der Waals surface area contributed by atoms with Crippen molar-refractivity contribution >= 4 is 17.9 Å². The van der Waals surface area contributed by atoms with Crippen molar-refractivity contribution in [2.24, 2.45) is 11.3 Å². The van der Waals surface area contributed by atoms with Gasteiger partial charge in [0.2, 0.25) is 0 Å². The molecule has 3 amide bonds. The number of urea groups is 1. The number of amides is 3. The SMILES string of the molecule is CC(C)C(C)(C)CNC(=O)NC(=O)COCC(=O)O. The van der Waals surface area contributed by atoms with Gasteiger partial charge in [-0.25, -0.2) is 9.59 Å². The quantitative estimate of drug-likeness (QED) is 0.630. The molecule has 7 nitrogen and oxygen atoms in total. The topological polar surface area (TPSA) is 105 Å². The molecular formula is C12H22N2O5. The average Bonchev–Trinajstić information content (AvgIpc) is 2.25. The summed E-state index contributed by atoms with van der Waals surface area (Å²) in [5, 5.41) is 12.9. The Labute approximate surface area is 112 Å². The Bertz CT molecular complexity index is 339. The van der Waals surface area contributed by atoms with Crippen molar-refractivity contribution in [3.8, 4) is 0 Å². The molecule has 0 spiro atoms. The van der Waals surface area contributed by atoms with E-state index in [9.17, 15) is 14.4 Å². The summed E-state index contributed by atoms with van der Waals surface area (Å²) < 4.78 is 4.55. The maximum absolute atomic E-state index is 11.4. The predicted octanol–water partition coefficient (Wildman–Crippen LogP) is 0.596. The van der Waals surface area contributed by atoms with Crippen LogP contribution in [0.5, 0.6) is 0 Å². The van der Waals surface area contributed by atoms with Crippen molar-refractivity contribution in [1.82, 2.24) is 10.6 Å². The predicted molar refractivity (Wildman–Crippen MR) is 68.6 cm³/mol. The number of rotatable bonds is 7. The summed E-state index contributed by atoms with van der Waals surface area (Å²) in [5.74, 6) is -1.47. The van der Waals surface area contributed by atoms with Crippen LogP contribution in [0.25, 0.3) is 0 Å². The number of hydrogen-bond donors (Lipinski definition) is 3. The molecule has 3 N–H and O–H groups in total. The zero-order valence-corrected chi connectivity index (χ0v) is 11.8. The summed E-state index contributed by atoms with van der Waals surface area (Å²) in [6, 6.07) is -0.613. The lowest BCUT2D eigenvalue weighted by Crippen LogP contribution is -2.45. The van der Waals surface area contributed by atoms with Crippen molar-refractivity contribution in [1.29, 1.82) is 0 Å². The zero-order chi connectivity index (χ0) is 15.1. The molecule has 0 bridgehead atoms. The molecule has 0 aliphatic heterocycles. The maximum atomic E-state index is 11.4. The van der Waals surface area contributed by atoms with Gasteiger partial charge in [0.1, 0.15) is 13.2 Å². The summed E-state index contributed by atoms with van der Waals surface area (Å²) in [5.41, 5.74) is -0.0831. The zero-order valence-electron chi connectivity index (χ0n) is 11.8. The summed E-state index contributed by atoms with van der Waals surface area (Å²) >= 11 is 0. The Balaban J connectivity index is 3.92. The maximum Gasteiger partial charge on any atom is 0.329 e. The standard InChI is InChI=1S/C12H22N2O5/c1-8(2)12(3,4)7-13-11(18)14-9(15)5-19-6-10(16)17/h8H,5-7H2,1-4H3,(H,16,17)(H2,13,14,15,18). The van der Waals surface area contributed by atoms with Crippen LogP contribution in [0.2, 0.25) is 0 Å². The normalized spacial score (nSPS) is 11.2. The molecule has 0 aliphatic rings. The summed E-state index contributed by atoms with van der Waals surface area (Å²) in [4.78, 5) is 32.8. The number of ether oxygens (including phenoxy) is 1. The summed E-state index contributed by atoms with van der Waals surface area (Å²) in [6.45, 7) is 7.50. The lowest BCUT2D eigenvalue weighted by Gasteiger charge is -2.29. The van der Waals surface area contributed by atoms with Crippen LogP contribution in [0.4, 0.5) is 4.79 Å². The summed E-state index contributed by atoms with van der Waals surface area (Å²) in [6.07, 6.45) is 0. The van der Waals surface area contributed by atoms with Gasteiger partial charge in [-0.1, -0.05) is 27.7 Å². The number of carbonyl (C=O) groups is 3. The van der Waals surface area contributed by atoms with E-state index in [1.165, 1.54) is 0 Å². The van der Waals surface area contributed by atoms with E-state index in [1.54, 1.807) is 0 Å². The number of carboxylic acids is 1. The number of imide groups is 1. The monoisotopic (exact) mass is 274 g/mol. The highest BCUT2D eigenvalue weighted by Gasteiger charge is 2.23. The van der Waals surface area contributed by atoms with Gasteiger partial charge in [-0.2, -0.15) is 0 Å². The molecular weight excluding hydrogens is 252 g/mol. The van der Waals surface area contributed by atoms with E-state index in [0.717, 1.165) is 0 Å². The molecule has 110 valence electrons. The van der Waals surface area contributed by atoms with Crippen molar-refractivity contribution in [3.63, 3.8) is 0 Å². The molecule has 0 aromatic heterocycles. The molecule has 0 radical (unpaired) electrons. The van der Waals surface area contributed by atoms with Crippen molar-refractivity contribution in [2.45, 2.75) is 27.7 Å². The van der Waals surface area contributed by atoms with E-state index >= 15 is 0 Å². The summed E-state index contributed by atoms with van der Waals surface area (Å²) in [7, 11) is 0. The van der Waals surface area contributed by atoms with Gasteiger partial charge in [0.05, 0.1) is 0 Å². The van der Waals surface area contributed by atoms with Gasteiger partial charge in [-0.3, -0.25) is 10.1 Å². The van der Waals surface area contributed by atoms with Gasteiger partial charge in [0, 0.05) is 6.54 Å². The Morgan fingerprint density at radius 3 is 2.26 bits per heavy atom. The van der Waals surface area contributed by atoms with Crippen LogP contribution < -0.4 is 10.6 Å². The number of nitrogens with one attached hydrogen (secondary N) is 2.